The van der Waals surface area contributed by atoms with E-state index in [2.05, 4.69) is 17.1 Å². The predicted octanol–water partition coefficient (Wildman–Crippen LogP) is 4.71. The Hall–Kier alpha value is -2.40. The van der Waals surface area contributed by atoms with E-state index in [-0.39, 0.29) is 23.6 Å². The minimum atomic E-state index is -0.171. The van der Waals surface area contributed by atoms with Gasteiger partial charge in [-0.2, -0.15) is 0 Å². The number of benzene rings is 2. The lowest BCUT2D eigenvalue weighted by atomic mass is 9.83. The van der Waals surface area contributed by atoms with E-state index in [1.165, 1.54) is 5.56 Å². The molecule has 0 bridgehead atoms. The van der Waals surface area contributed by atoms with Crippen LogP contribution >= 0.6 is 0 Å². The van der Waals surface area contributed by atoms with Crippen LogP contribution in [0.15, 0.2) is 42.5 Å². The van der Waals surface area contributed by atoms with Crippen LogP contribution in [0.3, 0.4) is 0 Å². The lowest BCUT2D eigenvalue weighted by Crippen LogP contribution is -2.46. The molecule has 1 aliphatic heterocycles. The summed E-state index contributed by atoms with van der Waals surface area (Å²) in [5, 5.41) is 3.14. The number of aryl methyl sites for hydroxylation is 1. The lowest BCUT2D eigenvalue weighted by molar-refractivity contribution is -0.126. The van der Waals surface area contributed by atoms with E-state index in [0.29, 0.717) is 12.1 Å². The highest BCUT2D eigenvalue weighted by atomic mass is 19.1. The van der Waals surface area contributed by atoms with Crippen molar-refractivity contribution in [3.63, 3.8) is 0 Å². The van der Waals surface area contributed by atoms with Crippen molar-refractivity contribution in [2.45, 2.75) is 45.4 Å². The third-order valence-corrected chi connectivity index (χ3v) is 6.25. The standard InChI is InChI=1S/C26H35FN2O2/c1-4-5-14-29-17-22(21-8-11-25(27)19(2)15-21)16-23(18-29)26(30)28-13-12-20-6-9-24(31-3)10-7-20/h6-11,15,22-23H,4-5,12-14,16-18H2,1-3H3,(H,28,30). The minimum Gasteiger partial charge on any atom is -0.497 e. The SMILES string of the molecule is CCCCN1CC(C(=O)NCCc2ccc(OC)cc2)CC(c2ccc(F)c(C)c2)C1. The van der Waals surface area contributed by atoms with E-state index in [1.54, 1.807) is 20.1 Å². The summed E-state index contributed by atoms with van der Waals surface area (Å²) >= 11 is 0. The molecule has 1 N–H and O–H groups in total. The molecule has 4 nitrogen and oxygen atoms in total. The molecule has 0 aromatic heterocycles. The van der Waals surface area contributed by atoms with Crippen molar-refractivity contribution in [2.24, 2.45) is 5.92 Å². The summed E-state index contributed by atoms with van der Waals surface area (Å²) in [5.41, 5.74) is 2.98. The predicted molar refractivity (Wildman–Crippen MR) is 123 cm³/mol. The van der Waals surface area contributed by atoms with Gasteiger partial charge in [0.05, 0.1) is 13.0 Å². The summed E-state index contributed by atoms with van der Waals surface area (Å²) in [5.74, 6) is 0.997. The molecule has 1 amide bonds. The number of likely N-dealkylation sites (tertiary alicyclic amines) is 1. The second-order valence-electron chi connectivity index (χ2n) is 8.64. The molecule has 0 saturated carbocycles. The van der Waals surface area contributed by atoms with Crippen molar-refractivity contribution >= 4 is 5.91 Å². The van der Waals surface area contributed by atoms with Crippen LogP contribution in [0.5, 0.6) is 5.75 Å². The summed E-state index contributed by atoms with van der Waals surface area (Å²) in [4.78, 5) is 15.4. The highest BCUT2D eigenvalue weighted by molar-refractivity contribution is 5.79. The Morgan fingerprint density at radius 1 is 1.19 bits per heavy atom. The number of piperidine rings is 1. The minimum absolute atomic E-state index is 0.0446. The lowest BCUT2D eigenvalue weighted by Gasteiger charge is -2.37. The molecule has 0 spiro atoms. The van der Waals surface area contributed by atoms with E-state index < -0.39 is 0 Å². The average Bonchev–Trinajstić information content (AvgIpc) is 2.79. The molecule has 31 heavy (non-hydrogen) atoms. The molecule has 2 aromatic carbocycles. The van der Waals surface area contributed by atoms with E-state index in [4.69, 9.17) is 4.74 Å². The van der Waals surface area contributed by atoms with Crippen molar-refractivity contribution in [2.75, 3.05) is 33.3 Å². The van der Waals surface area contributed by atoms with Crippen LogP contribution in [0.1, 0.15) is 48.8 Å². The quantitative estimate of drug-likeness (QED) is 0.632. The number of ether oxygens (including phenoxy) is 1. The van der Waals surface area contributed by atoms with Gasteiger partial charge in [0.1, 0.15) is 11.6 Å². The summed E-state index contributed by atoms with van der Waals surface area (Å²) < 4.78 is 18.9. The number of nitrogens with one attached hydrogen (secondary N) is 1. The Balaban J connectivity index is 1.61. The fraction of sp³-hybridized carbons (Fsp3) is 0.500. The third kappa shape index (κ3) is 6.54. The third-order valence-electron chi connectivity index (χ3n) is 6.25. The number of hydrogen-bond acceptors (Lipinski definition) is 3. The van der Waals surface area contributed by atoms with Crippen LogP contribution in [-0.4, -0.2) is 44.1 Å². The molecule has 1 heterocycles. The summed E-state index contributed by atoms with van der Waals surface area (Å²) in [7, 11) is 1.66. The van der Waals surface area contributed by atoms with Crippen molar-refractivity contribution in [1.29, 1.82) is 0 Å². The Morgan fingerprint density at radius 2 is 1.97 bits per heavy atom. The average molecular weight is 427 g/mol. The van der Waals surface area contributed by atoms with Gasteiger partial charge in [0.25, 0.3) is 0 Å². The summed E-state index contributed by atoms with van der Waals surface area (Å²) in [6.07, 6.45) is 3.86. The highest BCUT2D eigenvalue weighted by Crippen LogP contribution is 2.31. The second-order valence-corrected chi connectivity index (χ2v) is 8.64. The molecular formula is C26H35FN2O2. The number of rotatable bonds is 9. The van der Waals surface area contributed by atoms with E-state index >= 15 is 0 Å². The zero-order chi connectivity index (χ0) is 22.2. The van der Waals surface area contributed by atoms with Gasteiger partial charge in [0.15, 0.2) is 0 Å². The largest absolute Gasteiger partial charge is 0.497 e. The number of hydrogen-bond donors (Lipinski definition) is 1. The maximum absolute atomic E-state index is 13.8. The number of halogens is 1. The Morgan fingerprint density at radius 3 is 2.65 bits per heavy atom. The molecular weight excluding hydrogens is 391 g/mol. The first-order valence-corrected chi connectivity index (χ1v) is 11.4. The number of amides is 1. The topological polar surface area (TPSA) is 41.6 Å². The smallest absolute Gasteiger partial charge is 0.224 e. The van der Waals surface area contributed by atoms with E-state index in [0.717, 1.165) is 56.6 Å². The maximum Gasteiger partial charge on any atom is 0.224 e. The fourth-order valence-corrected chi connectivity index (χ4v) is 4.37. The Labute approximate surface area is 185 Å². The molecule has 168 valence electrons. The molecule has 1 fully saturated rings. The molecule has 5 heteroatoms. The van der Waals surface area contributed by atoms with Crippen molar-refractivity contribution in [3.05, 3.63) is 65.0 Å². The van der Waals surface area contributed by atoms with Gasteiger partial charge in [0.2, 0.25) is 5.91 Å². The number of unbranched alkanes of at least 4 members (excludes halogenated alkanes) is 1. The van der Waals surface area contributed by atoms with Crippen LogP contribution in [0.4, 0.5) is 4.39 Å². The molecule has 0 radical (unpaired) electrons. The monoisotopic (exact) mass is 426 g/mol. The highest BCUT2D eigenvalue weighted by Gasteiger charge is 2.32. The molecule has 1 saturated heterocycles. The summed E-state index contributed by atoms with van der Waals surface area (Å²) in [6, 6.07) is 13.3. The Bertz CT molecular complexity index is 853. The molecule has 2 atom stereocenters. The number of nitrogens with zero attached hydrogens (tertiary/aromatic N) is 1. The van der Waals surface area contributed by atoms with Gasteiger partial charge in [-0.3, -0.25) is 4.79 Å². The summed E-state index contributed by atoms with van der Waals surface area (Å²) in [6.45, 7) is 7.35. The van der Waals surface area contributed by atoms with Crippen LogP contribution in [0, 0.1) is 18.7 Å². The number of carbonyl (C=O) groups is 1. The van der Waals surface area contributed by atoms with Crippen LogP contribution in [0.2, 0.25) is 0 Å². The van der Waals surface area contributed by atoms with Crippen LogP contribution in [0.25, 0.3) is 0 Å². The normalized spacial score (nSPS) is 19.2. The van der Waals surface area contributed by atoms with Crippen molar-refractivity contribution in [1.82, 2.24) is 10.2 Å². The number of methoxy groups -OCH3 is 1. The molecule has 1 aliphatic rings. The van der Waals surface area contributed by atoms with Gasteiger partial charge in [-0.25, -0.2) is 4.39 Å². The van der Waals surface area contributed by atoms with Gasteiger partial charge < -0.3 is 15.0 Å². The first kappa shape index (κ1) is 23.3. The second kappa shape index (κ2) is 11.3. The van der Waals surface area contributed by atoms with E-state index in [1.807, 2.05) is 36.4 Å². The molecule has 2 unspecified atom stereocenters. The van der Waals surface area contributed by atoms with Crippen LogP contribution in [-0.2, 0) is 11.2 Å². The molecule has 0 aliphatic carbocycles. The van der Waals surface area contributed by atoms with Gasteiger partial charge in [-0.1, -0.05) is 37.6 Å². The van der Waals surface area contributed by atoms with Gasteiger partial charge in [-0.05, 0) is 73.5 Å². The zero-order valence-electron chi connectivity index (χ0n) is 19.0. The van der Waals surface area contributed by atoms with Gasteiger partial charge >= 0.3 is 0 Å². The van der Waals surface area contributed by atoms with Crippen molar-refractivity contribution < 1.29 is 13.9 Å². The maximum atomic E-state index is 13.8. The van der Waals surface area contributed by atoms with Gasteiger partial charge in [0, 0.05) is 19.6 Å². The first-order valence-electron chi connectivity index (χ1n) is 11.4. The van der Waals surface area contributed by atoms with Gasteiger partial charge in [-0.15, -0.1) is 0 Å². The Kier molecular flexibility index (Phi) is 8.47. The van der Waals surface area contributed by atoms with Crippen molar-refractivity contribution in [3.8, 4) is 5.75 Å². The zero-order valence-corrected chi connectivity index (χ0v) is 19.0. The molecule has 2 aromatic rings. The fourth-order valence-electron chi connectivity index (χ4n) is 4.37. The molecule has 3 rings (SSSR count). The van der Waals surface area contributed by atoms with E-state index in [9.17, 15) is 9.18 Å². The first-order chi connectivity index (χ1) is 15.0. The number of carbonyl (C=O) groups excluding carboxylic acids is 1. The van der Waals surface area contributed by atoms with Crippen LogP contribution < -0.4 is 10.1 Å².